The molecule has 0 amide bonds. The third kappa shape index (κ3) is 4.02. The van der Waals surface area contributed by atoms with Crippen LogP contribution < -0.4 is 9.47 Å². The highest BCUT2D eigenvalue weighted by molar-refractivity contribution is 5.87. The number of rotatable bonds is 6. The van der Waals surface area contributed by atoms with Crippen LogP contribution in [0.3, 0.4) is 0 Å². The SMILES string of the molecule is [C-]#[N+]CCOc1ccc2c(c1)C(c1ccc(F)cc1)=C(CN1CCCC1)CO2. The van der Waals surface area contributed by atoms with Gasteiger partial charge in [0.25, 0.3) is 0 Å². The van der Waals surface area contributed by atoms with E-state index in [1.165, 1.54) is 30.5 Å². The van der Waals surface area contributed by atoms with E-state index in [1.807, 2.05) is 30.3 Å². The Labute approximate surface area is 165 Å². The summed E-state index contributed by atoms with van der Waals surface area (Å²) in [6.07, 6.45) is 2.46. The average Bonchev–Trinajstić information content (AvgIpc) is 3.22. The Bertz CT molecular complexity index is 909. The normalized spacial score (nSPS) is 16.4. The molecule has 144 valence electrons. The number of likely N-dealkylation sites (tertiary alicyclic amines) is 1. The first-order valence-electron chi connectivity index (χ1n) is 9.68. The number of fused-ring (bicyclic) bond motifs is 1. The van der Waals surface area contributed by atoms with Crippen molar-refractivity contribution in [3.05, 3.63) is 76.4 Å². The van der Waals surface area contributed by atoms with E-state index in [9.17, 15) is 4.39 Å². The van der Waals surface area contributed by atoms with Gasteiger partial charge in [0.05, 0.1) is 0 Å². The zero-order valence-electron chi connectivity index (χ0n) is 15.8. The van der Waals surface area contributed by atoms with Gasteiger partial charge in [0.1, 0.15) is 23.9 Å². The highest BCUT2D eigenvalue weighted by Crippen LogP contribution is 2.40. The minimum atomic E-state index is -0.242. The molecule has 0 spiro atoms. The Balaban J connectivity index is 1.74. The fourth-order valence-electron chi connectivity index (χ4n) is 3.87. The summed E-state index contributed by atoms with van der Waals surface area (Å²) >= 11 is 0. The molecule has 0 N–H and O–H groups in total. The van der Waals surface area contributed by atoms with E-state index in [0.717, 1.165) is 42.1 Å². The van der Waals surface area contributed by atoms with E-state index in [0.29, 0.717) is 25.5 Å². The predicted octanol–water partition coefficient (Wildman–Crippen LogP) is 4.41. The number of hydrogen-bond acceptors (Lipinski definition) is 3. The van der Waals surface area contributed by atoms with Gasteiger partial charge in [0, 0.05) is 12.1 Å². The minimum Gasteiger partial charge on any atom is -0.489 e. The third-order valence-electron chi connectivity index (χ3n) is 5.19. The first kappa shape index (κ1) is 18.5. The molecule has 2 aliphatic rings. The number of ether oxygens (including phenoxy) is 2. The summed E-state index contributed by atoms with van der Waals surface area (Å²) in [6, 6.07) is 12.4. The van der Waals surface area contributed by atoms with Gasteiger partial charge < -0.3 is 14.3 Å². The van der Waals surface area contributed by atoms with Crippen molar-refractivity contribution < 1.29 is 13.9 Å². The van der Waals surface area contributed by atoms with Gasteiger partial charge in [-0.2, -0.15) is 0 Å². The van der Waals surface area contributed by atoms with Crippen molar-refractivity contribution in [3.8, 4) is 11.5 Å². The zero-order valence-corrected chi connectivity index (χ0v) is 15.8. The summed E-state index contributed by atoms with van der Waals surface area (Å²) in [5.41, 5.74) is 4.26. The molecule has 1 fully saturated rings. The Kier molecular flexibility index (Phi) is 5.59. The second kappa shape index (κ2) is 8.45. The van der Waals surface area contributed by atoms with Crippen LogP contribution in [0, 0.1) is 12.4 Å². The van der Waals surface area contributed by atoms with Crippen LogP contribution in [0.25, 0.3) is 10.4 Å². The fraction of sp³-hybridized carbons (Fsp3) is 0.348. The molecule has 5 heteroatoms. The highest BCUT2D eigenvalue weighted by atomic mass is 19.1. The lowest BCUT2D eigenvalue weighted by molar-refractivity contribution is 0.306. The lowest BCUT2D eigenvalue weighted by atomic mass is 9.90. The van der Waals surface area contributed by atoms with Gasteiger partial charge in [-0.15, -0.1) is 0 Å². The molecule has 2 aliphatic heterocycles. The van der Waals surface area contributed by atoms with E-state index in [4.69, 9.17) is 16.0 Å². The maximum absolute atomic E-state index is 13.5. The molecule has 0 radical (unpaired) electrons. The van der Waals surface area contributed by atoms with Gasteiger partial charge in [-0.3, -0.25) is 4.90 Å². The van der Waals surface area contributed by atoms with E-state index in [2.05, 4.69) is 9.74 Å². The molecule has 0 unspecified atom stereocenters. The molecule has 2 aromatic carbocycles. The molecule has 4 rings (SSSR count). The maximum atomic E-state index is 13.5. The Morgan fingerprint density at radius 3 is 2.64 bits per heavy atom. The number of halogens is 1. The number of benzene rings is 2. The van der Waals surface area contributed by atoms with Crippen LogP contribution in [0.2, 0.25) is 0 Å². The third-order valence-corrected chi connectivity index (χ3v) is 5.19. The van der Waals surface area contributed by atoms with Crippen LogP contribution in [-0.2, 0) is 0 Å². The molecule has 2 heterocycles. The van der Waals surface area contributed by atoms with Gasteiger partial charge in [-0.1, -0.05) is 12.1 Å². The summed E-state index contributed by atoms with van der Waals surface area (Å²) in [5.74, 6) is 1.28. The van der Waals surface area contributed by atoms with Crippen molar-refractivity contribution in [2.75, 3.05) is 39.4 Å². The summed E-state index contributed by atoms with van der Waals surface area (Å²) in [5, 5.41) is 0. The lowest BCUT2D eigenvalue weighted by Crippen LogP contribution is -2.26. The Morgan fingerprint density at radius 2 is 1.89 bits per heavy atom. The van der Waals surface area contributed by atoms with Crippen molar-refractivity contribution >= 4 is 5.57 Å². The van der Waals surface area contributed by atoms with Crippen LogP contribution in [-0.4, -0.2) is 44.3 Å². The number of hydrogen-bond donors (Lipinski definition) is 0. The minimum absolute atomic E-state index is 0.242. The van der Waals surface area contributed by atoms with Gasteiger partial charge in [0.2, 0.25) is 6.54 Å². The Hall–Kier alpha value is -2.84. The van der Waals surface area contributed by atoms with Crippen LogP contribution in [0.5, 0.6) is 11.5 Å². The van der Waals surface area contributed by atoms with Crippen LogP contribution in [0.15, 0.2) is 48.0 Å². The fourth-order valence-corrected chi connectivity index (χ4v) is 3.87. The largest absolute Gasteiger partial charge is 0.489 e. The van der Waals surface area contributed by atoms with E-state index < -0.39 is 0 Å². The molecule has 1 saturated heterocycles. The number of nitrogens with zero attached hydrogens (tertiary/aromatic N) is 2. The topological polar surface area (TPSA) is 26.1 Å². The summed E-state index contributed by atoms with van der Waals surface area (Å²) in [7, 11) is 0. The van der Waals surface area contributed by atoms with Gasteiger partial charge >= 0.3 is 0 Å². The van der Waals surface area contributed by atoms with Crippen molar-refractivity contribution in [2.45, 2.75) is 12.8 Å². The second-order valence-corrected chi connectivity index (χ2v) is 7.15. The van der Waals surface area contributed by atoms with E-state index in [1.54, 1.807) is 0 Å². The summed E-state index contributed by atoms with van der Waals surface area (Å²) < 4.78 is 25.3. The van der Waals surface area contributed by atoms with Crippen LogP contribution >= 0.6 is 0 Å². The van der Waals surface area contributed by atoms with Gasteiger partial charge in [-0.25, -0.2) is 11.0 Å². The maximum Gasteiger partial charge on any atom is 0.248 e. The molecular weight excluding hydrogens is 355 g/mol. The molecule has 28 heavy (non-hydrogen) atoms. The smallest absolute Gasteiger partial charge is 0.248 e. The van der Waals surface area contributed by atoms with Crippen molar-refractivity contribution in [1.29, 1.82) is 0 Å². The molecule has 0 aliphatic carbocycles. The first-order chi connectivity index (χ1) is 13.7. The predicted molar refractivity (Wildman–Crippen MR) is 107 cm³/mol. The van der Waals surface area contributed by atoms with E-state index >= 15 is 0 Å². The average molecular weight is 378 g/mol. The van der Waals surface area contributed by atoms with Gasteiger partial charge in [-0.05, 0) is 73.0 Å². The zero-order chi connectivity index (χ0) is 19.3. The summed E-state index contributed by atoms with van der Waals surface area (Å²) in [6.45, 7) is 11.2. The lowest BCUT2D eigenvalue weighted by Gasteiger charge is -2.27. The highest BCUT2D eigenvalue weighted by Gasteiger charge is 2.24. The molecule has 0 aromatic heterocycles. The van der Waals surface area contributed by atoms with Crippen LogP contribution in [0.1, 0.15) is 24.0 Å². The first-order valence-corrected chi connectivity index (χ1v) is 9.68. The van der Waals surface area contributed by atoms with Gasteiger partial charge in [0.15, 0.2) is 6.61 Å². The molecule has 0 atom stereocenters. The molecular formula is C23H23FN2O2. The quantitative estimate of drug-likeness (QED) is 0.550. The summed E-state index contributed by atoms with van der Waals surface area (Å²) in [4.78, 5) is 5.78. The molecule has 2 aromatic rings. The Morgan fingerprint density at radius 1 is 1.11 bits per heavy atom. The molecule has 4 nitrogen and oxygen atoms in total. The van der Waals surface area contributed by atoms with E-state index in [-0.39, 0.29) is 5.82 Å². The molecule has 0 bridgehead atoms. The van der Waals surface area contributed by atoms with Crippen molar-refractivity contribution in [3.63, 3.8) is 0 Å². The van der Waals surface area contributed by atoms with Crippen molar-refractivity contribution in [2.24, 2.45) is 0 Å². The molecule has 0 saturated carbocycles. The van der Waals surface area contributed by atoms with Crippen LogP contribution in [0.4, 0.5) is 4.39 Å². The standard InChI is InChI=1S/C23H23FN2O2/c1-25-10-13-27-20-8-9-22-21(14-20)23(17-4-6-19(24)7-5-17)18(16-28-22)15-26-11-2-3-12-26/h4-9,14H,2-3,10-13,15-16H2. The monoisotopic (exact) mass is 378 g/mol. The second-order valence-electron chi connectivity index (χ2n) is 7.15. The van der Waals surface area contributed by atoms with Crippen molar-refractivity contribution in [1.82, 2.24) is 4.90 Å².